The third-order valence-corrected chi connectivity index (χ3v) is 3.35. The molecule has 0 radical (unpaired) electrons. The topological polar surface area (TPSA) is 87.5 Å². The maximum absolute atomic E-state index is 11.7. The number of nitrogens with two attached hydrogens (primary N) is 1. The lowest BCUT2D eigenvalue weighted by Gasteiger charge is -2.19. The first-order valence-corrected chi connectivity index (χ1v) is 7.30. The van der Waals surface area contributed by atoms with Gasteiger partial charge in [0.2, 0.25) is 5.91 Å². The number of urea groups is 1. The van der Waals surface area contributed by atoms with Gasteiger partial charge in [0.1, 0.15) is 0 Å². The molecule has 0 fully saturated rings. The van der Waals surface area contributed by atoms with Crippen molar-refractivity contribution in [3.05, 3.63) is 0 Å². The summed E-state index contributed by atoms with van der Waals surface area (Å²) in [6, 6.07) is -0.151. The van der Waals surface area contributed by atoms with Crippen LogP contribution in [-0.2, 0) is 4.79 Å². The van der Waals surface area contributed by atoms with Crippen molar-refractivity contribution in [2.75, 3.05) is 33.7 Å². The summed E-state index contributed by atoms with van der Waals surface area (Å²) in [5.74, 6) is 1.08. The summed E-state index contributed by atoms with van der Waals surface area (Å²) in [6.45, 7) is 5.89. The molecule has 6 heteroatoms. The van der Waals surface area contributed by atoms with Gasteiger partial charge in [-0.15, -0.1) is 0 Å². The molecule has 0 bridgehead atoms. The minimum absolute atomic E-state index is 0.0340. The van der Waals surface area contributed by atoms with Crippen molar-refractivity contribution < 1.29 is 9.59 Å². The van der Waals surface area contributed by atoms with Crippen LogP contribution in [0.25, 0.3) is 0 Å². The number of hydrogen-bond donors (Lipinski definition) is 3. The molecule has 1 unspecified atom stereocenters. The first-order chi connectivity index (χ1) is 9.38. The van der Waals surface area contributed by atoms with Gasteiger partial charge < -0.3 is 21.3 Å². The largest absolute Gasteiger partial charge is 0.354 e. The molecule has 20 heavy (non-hydrogen) atoms. The lowest BCUT2D eigenvalue weighted by molar-refractivity contribution is -0.121. The molecule has 118 valence electrons. The van der Waals surface area contributed by atoms with E-state index in [1.807, 2.05) is 0 Å². The standard InChI is InChI=1S/C14H30N4O2/c1-11(2)12(7-8-15)5-6-13(19)16-9-10-17-14(20)18(3)4/h11-12H,5-10,15H2,1-4H3,(H,16,19)(H,17,20). The monoisotopic (exact) mass is 286 g/mol. The molecule has 0 saturated heterocycles. The highest BCUT2D eigenvalue weighted by Crippen LogP contribution is 2.20. The van der Waals surface area contributed by atoms with Gasteiger partial charge in [-0.3, -0.25) is 4.79 Å². The molecule has 0 aromatic carbocycles. The molecule has 0 saturated carbocycles. The van der Waals surface area contributed by atoms with Crippen LogP contribution in [0.1, 0.15) is 33.1 Å². The van der Waals surface area contributed by atoms with E-state index in [0.717, 1.165) is 12.8 Å². The molecule has 0 aromatic heterocycles. The number of amides is 3. The van der Waals surface area contributed by atoms with Crippen molar-refractivity contribution in [1.29, 1.82) is 0 Å². The molecule has 0 rings (SSSR count). The maximum Gasteiger partial charge on any atom is 0.316 e. The van der Waals surface area contributed by atoms with E-state index in [1.54, 1.807) is 14.1 Å². The minimum atomic E-state index is -0.151. The minimum Gasteiger partial charge on any atom is -0.354 e. The van der Waals surface area contributed by atoms with Crippen molar-refractivity contribution in [2.24, 2.45) is 17.6 Å². The molecular weight excluding hydrogens is 256 g/mol. The quantitative estimate of drug-likeness (QED) is 0.547. The van der Waals surface area contributed by atoms with Gasteiger partial charge in [-0.1, -0.05) is 13.8 Å². The second kappa shape index (κ2) is 10.5. The third-order valence-electron chi connectivity index (χ3n) is 3.35. The Labute approximate surface area is 122 Å². The van der Waals surface area contributed by atoms with Gasteiger partial charge in [-0.2, -0.15) is 0 Å². The third kappa shape index (κ3) is 8.74. The van der Waals surface area contributed by atoms with E-state index in [9.17, 15) is 9.59 Å². The number of carbonyl (C=O) groups excluding carboxylic acids is 2. The van der Waals surface area contributed by atoms with Crippen LogP contribution in [0.5, 0.6) is 0 Å². The molecule has 6 nitrogen and oxygen atoms in total. The second-order valence-electron chi connectivity index (χ2n) is 5.60. The Hall–Kier alpha value is -1.30. The second-order valence-corrected chi connectivity index (χ2v) is 5.60. The molecule has 3 amide bonds. The normalized spacial score (nSPS) is 12.1. The van der Waals surface area contributed by atoms with E-state index in [-0.39, 0.29) is 11.9 Å². The Morgan fingerprint density at radius 3 is 2.20 bits per heavy atom. The molecular formula is C14H30N4O2. The Bertz CT molecular complexity index is 293. The lowest BCUT2D eigenvalue weighted by atomic mass is 9.88. The Morgan fingerprint density at radius 2 is 1.70 bits per heavy atom. The summed E-state index contributed by atoms with van der Waals surface area (Å²) in [6.07, 6.45) is 2.35. The van der Waals surface area contributed by atoms with Crippen LogP contribution in [0.3, 0.4) is 0 Å². The van der Waals surface area contributed by atoms with E-state index >= 15 is 0 Å². The van der Waals surface area contributed by atoms with Crippen LogP contribution >= 0.6 is 0 Å². The van der Waals surface area contributed by atoms with E-state index in [1.165, 1.54) is 4.90 Å². The first kappa shape index (κ1) is 18.7. The summed E-state index contributed by atoms with van der Waals surface area (Å²) in [5.41, 5.74) is 5.58. The molecule has 1 atom stereocenters. The molecule has 0 spiro atoms. The van der Waals surface area contributed by atoms with Gasteiger partial charge in [-0.25, -0.2) is 4.79 Å². The predicted octanol–water partition coefficient (Wildman–Crippen LogP) is 0.775. The molecule has 0 aliphatic carbocycles. The van der Waals surface area contributed by atoms with Gasteiger partial charge in [0.05, 0.1) is 0 Å². The van der Waals surface area contributed by atoms with Gasteiger partial charge in [-0.05, 0) is 31.2 Å². The summed E-state index contributed by atoms with van der Waals surface area (Å²) in [5, 5.41) is 5.51. The number of nitrogens with zero attached hydrogens (tertiary/aromatic N) is 1. The molecule has 4 N–H and O–H groups in total. The maximum atomic E-state index is 11.7. The van der Waals surface area contributed by atoms with Crippen molar-refractivity contribution in [3.63, 3.8) is 0 Å². The van der Waals surface area contributed by atoms with Crippen LogP contribution < -0.4 is 16.4 Å². The van der Waals surface area contributed by atoms with Crippen molar-refractivity contribution >= 4 is 11.9 Å². The van der Waals surface area contributed by atoms with E-state index in [0.29, 0.717) is 37.9 Å². The van der Waals surface area contributed by atoms with E-state index in [4.69, 9.17) is 5.73 Å². The summed E-state index contributed by atoms with van der Waals surface area (Å²) in [7, 11) is 3.36. The van der Waals surface area contributed by atoms with Gasteiger partial charge in [0.25, 0.3) is 0 Å². The molecule has 0 aliphatic rings. The number of carbonyl (C=O) groups is 2. The highest BCUT2D eigenvalue weighted by atomic mass is 16.2. The smallest absolute Gasteiger partial charge is 0.316 e. The highest BCUT2D eigenvalue weighted by Gasteiger charge is 2.14. The Kier molecular flexibility index (Phi) is 9.80. The van der Waals surface area contributed by atoms with E-state index in [2.05, 4.69) is 24.5 Å². The van der Waals surface area contributed by atoms with Crippen LogP contribution in [0.4, 0.5) is 4.79 Å². The molecule has 0 heterocycles. The summed E-state index contributed by atoms with van der Waals surface area (Å²) < 4.78 is 0. The fourth-order valence-electron chi connectivity index (χ4n) is 1.96. The van der Waals surface area contributed by atoms with E-state index < -0.39 is 0 Å². The fraction of sp³-hybridized carbons (Fsp3) is 0.857. The van der Waals surface area contributed by atoms with Crippen LogP contribution in [0.2, 0.25) is 0 Å². The lowest BCUT2D eigenvalue weighted by Crippen LogP contribution is -2.39. The van der Waals surface area contributed by atoms with Crippen LogP contribution in [0, 0.1) is 11.8 Å². The highest BCUT2D eigenvalue weighted by molar-refractivity contribution is 5.76. The zero-order valence-electron chi connectivity index (χ0n) is 13.2. The summed E-state index contributed by atoms with van der Waals surface area (Å²) >= 11 is 0. The predicted molar refractivity (Wildman–Crippen MR) is 81.3 cm³/mol. The van der Waals surface area contributed by atoms with Crippen LogP contribution in [0.15, 0.2) is 0 Å². The van der Waals surface area contributed by atoms with Crippen molar-refractivity contribution in [1.82, 2.24) is 15.5 Å². The zero-order chi connectivity index (χ0) is 15.5. The Balaban J connectivity index is 3.75. The van der Waals surface area contributed by atoms with Gasteiger partial charge in [0, 0.05) is 33.6 Å². The first-order valence-electron chi connectivity index (χ1n) is 7.30. The van der Waals surface area contributed by atoms with Crippen molar-refractivity contribution in [3.8, 4) is 0 Å². The number of rotatable bonds is 9. The summed E-state index contributed by atoms with van der Waals surface area (Å²) in [4.78, 5) is 24.4. The Morgan fingerprint density at radius 1 is 1.10 bits per heavy atom. The van der Waals surface area contributed by atoms with Crippen LogP contribution in [-0.4, -0.2) is 50.6 Å². The number of hydrogen-bond acceptors (Lipinski definition) is 3. The zero-order valence-corrected chi connectivity index (χ0v) is 13.2. The fourth-order valence-corrected chi connectivity index (χ4v) is 1.96. The van der Waals surface area contributed by atoms with Gasteiger partial charge in [0.15, 0.2) is 0 Å². The average Bonchev–Trinajstić information content (AvgIpc) is 2.38. The molecule has 0 aromatic rings. The molecule has 0 aliphatic heterocycles. The number of nitrogens with one attached hydrogen (secondary N) is 2. The van der Waals surface area contributed by atoms with Crippen molar-refractivity contribution in [2.45, 2.75) is 33.1 Å². The SMILES string of the molecule is CC(C)C(CCN)CCC(=O)NCCNC(=O)N(C)C. The van der Waals surface area contributed by atoms with Gasteiger partial charge >= 0.3 is 6.03 Å². The average molecular weight is 286 g/mol.